The minimum atomic E-state index is -0.754. The molecule has 1 N–H and O–H groups in total. The van der Waals surface area contributed by atoms with Crippen molar-refractivity contribution in [2.75, 3.05) is 26.2 Å². The Balaban J connectivity index is 3.30. The Labute approximate surface area is 128 Å². The molecule has 0 aromatic carbocycles. The topological polar surface area (TPSA) is 98.2 Å². The number of nitrogens with zero attached hydrogens (tertiary/aromatic N) is 2. The summed E-state index contributed by atoms with van der Waals surface area (Å²) >= 11 is 0. The fraction of sp³-hybridized carbons (Fsp3) is 0.500. The molecular formula is C14H20N2O6. The average molecular weight is 312 g/mol. The van der Waals surface area contributed by atoms with Crippen molar-refractivity contribution in [1.29, 1.82) is 0 Å². The maximum absolute atomic E-state index is 12.1. The Morgan fingerprint density at radius 2 is 1.86 bits per heavy atom. The van der Waals surface area contributed by atoms with Crippen LogP contribution in [0.25, 0.3) is 0 Å². The van der Waals surface area contributed by atoms with Gasteiger partial charge >= 0.3 is 12.1 Å². The normalized spacial score (nSPS) is 10.8. The van der Waals surface area contributed by atoms with Crippen molar-refractivity contribution in [3.8, 4) is 11.6 Å². The van der Waals surface area contributed by atoms with Crippen LogP contribution < -0.4 is 9.64 Å². The Morgan fingerprint density at radius 3 is 2.32 bits per heavy atom. The number of pyridine rings is 1. The predicted molar refractivity (Wildman–Crippen MR) is 78.4 cm³/mol. The third kappa shape index (κ3) is 4.00. The molecule has 1 amide bonds. The molecule has 0 atom stereocenters. The lowest BCUT2D eigenvalue weighted by Crippen LogP contribution is -2.35. The first kappa shape index (κ1) is 17.5. The van der Waals surface area contributed by atoms with Gasteiger partial charge in [0.1, 0.15) is 11.2 Å². The summed E-state index contributed by atoms with van der Waals surface area (Å²) < 4.78 is 14.7. The Morgan fingerprint density at radius 1 is 1.27 bits per heavy atom. The monoisotopic (exact) mass is 312 g/mol. The van der Waals surface area contributed by atoms with Crippen LogP contribution in [-0.2, 0) is 9.47 Å². The summed E-state index contributed by atoms with van der Waals surface area (Å²) in [5, 5.41) is 9.74. The fourth-order valence-electron chi connectivity index (χ4n) is 1.56. The zero-order chi connectivity index (χ0) is 17.1. The van der Waals surface area contributed by atoms with Gasteiger partial charge in [-0.2, -0.15) is 4.98 Å². The molecule has 0 aliphatic heterocycles. The van der Waals surface area contributed by atoms with Crippen molar-refractivity contribution in [1.82, 2.24) is 4.98 Å². The largest absolute Gasteiger partial charge is 0.503 e. The highest BCUT2D eigenvalue weighted by atomic mass is 16.6. The van der Waals surface area contributed by atoms with Gasteiger partial charge in [0.05, 0.1) is 14.2 Å². The van der Waals surface area contributed by atoms with Gasteiger partial charge in [-0.1, -0.05) is 0 Å². The van der Waals surface area contributed by atoms with Crippen molar-refractivity contribution in [3.05, 3.63) is 11.6 Å². The number of carbonyl (C=O) groups excluding carboxylic acids is 2. The average Bonchev–Trinajstić information content (AvgIpc) is 2.43. The first-order valence-electron chi connectivity index (χ1n) is 6.43. The minimum absolute atomic E-state index is 0.0456. The van der Waals surface area contributed by atoms with Crippen molar-refractivity contribution in [2.45, 2.75) is 26.4 Å². The molecule has 8 nitrogen and oxygen atoms in total. The second-order valence-corrected chi connectivity index (χ2v) is 5.42. The first-order chi connectivity index (χ1) is 10.1. The lowest BCUT2D eigenvalue weighted by molar-refractivity contribution is 0.0585. The van der Waals surface area contributed by atoms with Crippen LogP contribution in [0.2, 0.25) is 0 Å². The molecule has 0 saturated heterocycles. The maximum atomic E-state index is 12.1. The van der Waals surface area contributed by atoms with Crippen LogP contribution in [0.1, 0.15) is 31.1 Å². The van der Waals surface area contributed by atoms with Crippen LogP contribution in [0.15, 0.2) is 6.07 Å². The van der Waals surface area contributed by atoms with Crippen LogP contribution >= 0.6 is 0 Å². The molecule has 1 heterocycles. The van der Waals surface area contributed by atoms with E-state index < -0.39 is 17.7 Å². The minimum Gasteiger partial charge on any atom is -0.503 e. The van der Waals surface area contributed by atoms with Gasteiger partial charge in [0, 0.05) is 13.1 Å². The quantitative estimate of drug-likeness (QED) is 0.852. The number of esters is 1. The number of amides is 1. The second kappa shape index (κ2) is 6.50. The summed E-state index contributed by atoms with van der Waals surface area (Å²) in [4.78, 5) is 28.9. The molecule has 0 fully saturated rings. The Kier molecular flexibility index (Phi) is 5.19. The lowest BCUT2D eigenvalue weighted by atomic mass is 10.2. The van der Waals surface area contributed by atoms with Gasteiger partial charge in [-0.05, 0) is 20.8 Å². The smallest absolute Gasteiger partial charge is 0.415 e. The number of ether oxygens (including phenoxy) is 3. The van der Waals surface area contributed by atoms with E-state index in [2.05, 4.69) is 9.72 Å². The van der Waals surface area contributed by atoms with E-state index in [9.17, 15) is 14.7 Å². The van der Waals surface area contributed by atoms with Gasteiger partial charge in [-0.3, -0.25) is 4.90 Å². The van der Waals surface area contributed by atoms with Crippen molar-refractivity contribution in [3.63, 3.8) is 0 Å². The van der Waals surface area contributed by atoms with E-state index in [1.54, 1.807) is 20.8 Å². The van der Waals surface area contributed by atoms with Gasteiger partial charge in [-0.25, -0.2) is 9.59 Å². The molecule has 0 aliphatic rings. The van der Waals surface area contributed by atoms with Crippen molar-refractivity contribution in [2.24, 2.45) is 0 Å². The molecule has 1 rings (SSSR count). The molecule has 0 unspecified atom stereocenters. The molecule has 0 aliphatic carbocycles. The van der Waals surface area contributed by atoms with E-state index in [-0.39, 0.29) is 23.0 Å². The molecule has 1 aromatic rings. The molecule has 0 spiro atoms. The van der Waals surface area contributed by atoms with Gasteiger partial charge in [0.25, 0.3) is 5.88 Å². The number of carbonyl (C=O) groups is 2. The molecule has 8 heteroatoms. The van der Waals surface area contributed by atoms with Crippen LogP contribution in [0, 0.1) is 0 Å². The predicted octanol–water partition coefficient (Wildman–Crippen LogP) is 1.95. The Hall–Kier alpha value is -2.51. The second-order valence-electron chi connectivity index (χ2n) is 5.42. The SMILES string of the molecule is COC(=O)c1cc(O)c(OC)nc1N(C)C(=O)OC(C)(C)C. The highest BCUT2D eigenvalue weighted by Gasteiger charge is 2.27. The van der Waals surface area contributed by atoms with Crippen molar-refractivity contribution >= 4 is 17.9 Å². The number of methoxy groups -OCH3 is 2. The van der Waals surface area contributed by atoms with Gasteiger partial charge in [-0.15, -0.1) is 0 Å². The van der Waals surface area contributed by atoms with Gasteiger partial charge < -0.3 is 19.3 Å². The van der Waals surface area contributed by atoms with Crippen LogP contribution in [0.5, 0.6) is 11.6 Å². The zero-order valence-electron chi connectivity index (χ0n) is 13.5. The molecule has 1 aromatic heterocycles. The van der Waals surface area contributed by atoms with Crippen LogP contribution in [0.4, 0.5) is 10.6 Å². The maximum Gasteiger partial charge on any atom is 0.415 e. The van der Waals surface area contributed by atoms with Crippen LogP contribution in [-0.4, -0.2) is 49.0 Å². The highest BCUT2D eigenvalue weighted by molar-refractivity contribution is 5.99. The third-order valence-electron chi connectivity index (χ3n) is 2.53. The van der Waals surface area contributed by atoms with E-state index in [1.807, 2.05) is 0 Å². The molecule has 0 bridgehead atoms. The zero-order valence-corrected chi connectivity index (χ0v) is 13.5. The summed E-state index contributed by atoms with van der Waals surface area (Å²) in [7, 11) is 3.87. The third-order valence-corrected chi connectivity index (χ3v) is 2.53. The van der Waals surface area contributed by atoms with Crippen LogP contribution in [0.3, 0.4) is 0 Å². The number of hydrogen-bond acceptors (Lipinski definition) is 7. The summed E-state index contributed by atoms with van der Waals surface area (Å²) in [6, 6.07) is 1.12. The Bertz CT molecular complexity index is 579. The number of rotatable bonds is 3. The van der Waals surface area contributed by atoms with Gasteiger partial charge in [0.15, 0.2) is 11.6 Å². The standard InChI is InChI=1S/C14H20N2O6/c1-14(2,3)22-13(19)16(4)10-8(12(18)21-6)7-9(17)11(15-10)20-5/h7,17H,1-6H3. The molecular weight excluding hydrogens is 292 g/mol. The molecule has 0 saturated carbocycles. The first-order valence-corrected chi connectivity index (χ1v) is 6.43. The number of aromatic hydroxyl groups is 1. The summed E-state index contributed by atoms with van der Waals surface area (Å²) in [6.45, 7) is 5.14. The number of hydrogen-bond donors (Lipinski definition) is 1. The highest BCUT2D eigenvalue weighted by Crippen LogP contribution is 2.31. The lowest BCUT2D eigenvalue weighted by Gasteiger charge is -2.25. The number of aromatic nitrogens is 1. The molecule has 0 radical (unpaired) electrons. The fourth-order valence-corrected chi connectivity index (χ4v) is 1.56. The molecule has 22 heavy (non-hydrogen) atoms. The summed E-state index contributed by atoms with van der Waals surface area (Å²) in [5.41, 5.74) is -0.799. The summed E-state index contributed by atoms with van der Waals surface area (Å²) in [6.07, 6.45) is -0.710. The van der Waals surface area contributed by atoms with Gasteiger partial charge in [0.2, 0.25) is 0 Å². The summed E-state index contributed by atoms with van der Waals surface area (Å²) in [5.74, 6) is -1.27. The van der Waals surface area contributed by atoms with E-state index in [1.165, 1.54) is 21.3 Å². The molecule has 122 valence electrons. The van der Waals surface area contributed by atoms with E-state index >= 15 is 0 Å². The number of anilines is 1. The van der Waals surface area contributed by atoms with E-state index in [0.717, 1.165) is 11.0 Å². The van der Waals surface area contributed by atoms with Crippen molar-refractivity contribution < 1.29 is 28.9 Å². The van der Waals surface area contributed by atoms with E-state index in [0.29, 0.717) is 0 Å². The van der Waals surface area contributed by atoms with E-state index in [4.69, 9.17) is 9.47 Å².